The summed E-state index contributed by atoms with van der Waals surface area (Å²) >= 11 is 3.26. The molecule has 5 nitrogen and oxygen atoms in total. The molecule has 0 unspecified atom stereocenters. The topological polar surface area (TPSA) is 75.3 Å². The van der Waals surface area contributed by atoms with Gasteiger partial charge in [-0.15, -0.1) is 0 Å². The molecule has 0 aromatic heterocycles. The zero-order valence-electron chi connectivity index (χ0n) is 11.4. The van der Waals surface area contributed by atoms with Crippen molar-refractivity contribution in [2.45, 2.75) is 0 Å². The fourth-order valence-corrected chi connectivity index (χ4v) is 2.75. The van der Waals surface area contributed by atoms with Crippen molar-refractivity contribution in [3.05, 3.63) is 58.3 Å². The number of hydrogen-bond donors (Lipinski definition) is 2. The average molecular weight is 387 g/mol. The van der Waals surface area contributed by atoms with Gasteiger partial charge in [0.2, 0.25) is 10.0 Å². The minimum absolute atomic E-state index is 0.229. The molecule has 0 atom stereocenters. The first kappa shape index (κ1) is 16.4. The second-order valence-electron chi connectivity index (χ2n) is 4.50. The first-order valence-corrected chi connectivity index (χ1v) is 8.78. The number of rotatable bonds is 4. The Morgan fingerprint density at radius 2 is 1.86 bits per heavy atom. The van der Waals surface area contributed by atoms with Gasteiger partial charge in [0.15, 0.2) is 0 Å². The van der Waals surface area contributed by atoms with Crippen molar-refractivity contribution >= 4 is 43.2 Å². The fraction of sp³-hybridized carbons (Fsp3) is 0.0714. The van der Waals surface area contributed by atoms with Crippen LogP contribution in [0.4, 0.5) is 15.8 Å². The third-order valence-corrected chi connectivity index (χ3v) is 3.92. The van der Waals surface area contributed by atoms with Crippen LogP contribution in [0.3, 0.4) is 0 Å². The lowest BCUT2D eigenvalue weighted by Crippen LogP contribution is -2.14. The van der Waals surface area contributed by atoms with Gasteiger partial charge in [-0.25, -0.2) is 12.8 Å². The molecule has 0 radical (unpaired) electrons. The van der Waals surface area contributed by atoms with E-state index < -0.39 is 21.7 Å². The standard InChI is InChI=1S/C14H12BrFN2O3S/c1-22(20,21)18-13-8-9(6-7-12(13)16)17-14(19)10-4-2-3-5-11(10)15/h2-8,18H,1H3,(H,17,19). The van der Waals surface area contributed by atoms with Crippen molar-refractivity contribution in [3.8, 4) is 0 Å². The molecule has 0 bridgehead atoms. The maximum atomic E-state index is 13.6. The molecular formula is C14H12BrFN2O3S. The van der Waals surface area contributed by atoms with E-state index >= 15 is 0 Å². The van der Waals surface area contributed by atoms with Crippen LogP contribution in [0.1, 0.15) is 10.4 Å². The summed E-state index contributed by atoms with van der Waals surface area (Å²) in [6.07, 6.45) is 0.915. The van der Waals surface area contributed by atoms with Gasteiger partial charge in [0.05, 0.1) is 17.5 Å². The zero-order valence-corrected chi connectivity index (χ0v) is 13.8. The number of carbonyl (C=O) groups is 1. The second kappa shape index (κ2) is 6.45. The zero-order chi connectivity index (χ0) is 16.3. The lowest BCUT2D eigenvalue weighted by molar-refractivity contribution is 0.102. The van der Waals surface area contributed by atoms with Crippen LogP contribution in [0.5, 0.6) is 0 Å². The van der Waals surface area contributed by atoms with Gasteiger partial charge in [0.1, 0.15) is 5.82 Å². The maximum Gasteiger partial charge on any atom is 0.256 e. The Labute approximate surface area is 135 Å². The van der Waals surface area contributed by atoms with Crippen LogP contribution in [0, 0.1) is 5.82 Å². The summed E-state index contributed by atoms with van der Waals surface area (Å²) in [5.41, 5.74) is 0.449. The monoisotopic (exact) mass is 386 g/mol. The quantitative estimate of drug-likeness (QED) is 0.846. The van der Waals surface area contributed by atoms with Crippen LogP contribution in [0.25, 0.3) is 0 Å². The number of sulfonamides is 1. The Balaban J connectivity index is 2.25. The van der Waals surface area contributed by atoms with Crippen LogP contribution in [0.15, 0.2) is 46.9 Å². The number of halogens is 2. The maximum absolute atomic E-state index is 13.6. The van der Waals surface area contributed by atoms with E-state index in [1.54, 1.807) is 24.3 Å². The van der Waals surface area contributed by atoms with Crippen molar-refractivity contribution in [3.63, 3.8) is 0 Å². The lowest BCUT2D eigenvalue weighted by Gasteiger charge is -2.10. The van der Waals surface area contributed by atoms with E-state index in [0.29, 0.717) is 10.0 Å². The Bertz CT molecular complexity index is 825. The molecule has 0 aliphatic heterocycles. The van der Waals surface area contributed by atoms with Gasteiger partial charge in [0.25, 0.3) is 5.91 Å². The third kappa shape index (κ3) is 4.28. The van der Waals surface area contributed by atoms with E-state index in [1.807, 2.05) is 0 Å². The molecule has 0 heterocycles. The predicted molar refractivity (Wildman–Crippen MR) is 87.0 cm³/mol. The molecule has 2 N–H and O–H groups in total. The molecular weight excluding hydrogens is 375 g/mol. The van der Waals surface area contributed by atoms with Gasteiger partial charge in [-0.05, 0) is 46.3 Å². The summed E-state index contributed by atoms with van der Waals surface area (Å²) in [5.74, 6) is -1.13. The van der Waals surface area contributed by atoms with Gasteiger partial charge in [0, 0.05) is 10.2 Å². The summed E-state index contributed by atoms with van der Waals surface area (Å²) in [4.78, 5) is 12.1. The van der Waals surface area contributed by atoms with Crippen molar-refractivity contribution in [2.24, 2.45) is 0 Å². The number of hydrogen-bond acceptors (Lipinski definition) is 3. The summed E-state index contributed by atoms with van der Waals surface area (Å²) < 4.78 is 38.6. The van der Waals surface area contributed by atoms with Crippen molar-refractivity contribution in [1.82, 2.24) is 0 Å². The van der Waals surface area contributed by atoms with Crippen LogP contribution in [-0.4, -0.2) is 20.6 Å². The van der Waals surface area contributed by atoms with Gasteiger partial charge in [-0.2, -0.15) is 0 Å². The van der Waals surface area contributed by atoms with Crippen LogP contribution < -0.4 is 10.0 Å². The SMILES string of the molecule is CS(=O)(=O)Nc1cc(NC(=O)c2ccccc2Br)ccc1F. The van der Waals surface area contributed by atoms with Gasteiger partial charge in [-0.1, -0.05) is 12.1 Å². The minimum Gasteiger partial charge on any atom is -0.322 e. The van der Waals surface area contributed by atoms with E-state index in [-0.39, 0.29) is 11.4 Å². The smallest absolute Gasteiger partial charge is 0.256 e. The predicted octanol–water partition coefficient (Wildman–Crippen LogP) is 3.21. The molecule has 0 saturated carbocycles. The largest absolute Gasteiger partial charge is 0.322 e. The molecule has 1 amide bonds. The molecule has 2 aromatic carbocycles. The van der Waals surface area contributed by atoms with E-state index in [1.165, 1.54) is 12.1 Å². The number of benzene rings is 2. The Hall–Kier alpha value is -1.93. The lowest BCUT2D eigenvalue weighted by atomic mass is 10.2. The Morgan fingerprint density at radius 1 is 1.18 bits per heavy atom. The highest BCUT2D eigenvalue weighted by atomic mass is 79.9. The average Bonchev–Trinajstić information content (AvgIpc) is 2.41. The highest BCUT2D eigenvalue weighted by molar-refractivity contribution is 9.10. The molecule has 0 aliphatic rings. The number of amides is 1. The van der Waals surface area contributed by atoms with Crippen LogP contribution >= 0.6 is 15.9 Å². The highest BCUT2D eigenvalue weighted by Gasteiger charge is 2.12. The van der Waals surface area contributed by atoms with Crippen LogP contribution in [-0.2, 0) is 10.0 Å². The third-order valence-electron chi connectivity index (χ3n) is 2.64. The van der Waals surface area contributed by atoms with Gasteiger partial charge < -0.3 is 5.32 Å². The second-order valence-corrected chi connectivity index (χ2v) is 7.11. The Morgan fingerprint density at radius 3 is 2.50 bits per heavy atom. The van der Waals surface area contributed by atoms with E-state index in [9.17, 15) is 17.6 Å². The first-order chi connectivity index (χ1) is 10.3. The van der Waals surface area contributed by atoms with Crippen LogP contribution in [0.2, 0.25) is 0 Å². The molecule has 116 valence electrons. The Kier molecular flexibility index (Phi) is 4.82. The minimum atomic E-state index is -3.61. The molecule has 0 aliphatic carbocycles. The number of anilines is 2. The first-order valence-electron chi connectivity index (χ1n) is 6.09. The van der Waals surface area contributed by atoms with Crippen molar-refractivity contribution in [1.29, 1.82) is 0 Å². The van der Waals surface area contributed by atoms with Crippen molar-refractivity contribution < 1.29 is 17.6 Å². The molecule has 0 spiro atoms. The number of nitrogens with one attached hydrogen (secondary N) is 2. The van der Waals surface area contributed by atoms with E-state index in [0.717, 1.165) is 12.3 Å². The fourth-order valence-electron chi connectivity index (χ4n) is 1.72. The highest BCUT2D eigenvalue weighted by Crippen LogP contribution is 2.22. The number of carbonyl (C=O) groups excluding carboxylic acids is 1. The van der Waals surface area contributed by atoms with Gasteiger partial charge >= 0.3 is 0 Å². The molecule has 8 heteroatoms. The summed E-state index contributed by atoms with van der Waals surface area (Å²) in [7, 11) is -3.61. The van der Waals surface area contributed by atoms with Gasteiger partial charge in [-0.3, -0.25) is 9.52 Å². The summed E-state index contributed by atoms with van der Waals surface area (Å²) in [5, 5.41) is 2.58. The molecule has 2 aromatic rings. The van der Waals surface area contributed by atoms with E-state index in [2.05, 4.69) is 26.0 Å². The molecule has 2 rings (SSSR count). The normalized spacial score (nSPS) is 11.0. The summed E-state index contributed by atoms with van der Waals surface area (Å²) in [6, 6.07) is 10.5. The van der Waals surface area contributed by atoms with Crippen molar-refractivity contribution in [2.75, 3.05) is 16.3 Å². The molecule has 0 saturated heterocycles. The summed E-state index contributed by atoms with van der Waals surface area (Å²) in [6.45, 7) is 0. The van der Waals surface area contributed by atoms with E-state index in [4.69, 9.17) is 0 Å². The molecule has 22 heavy (non-hydrogen) atoms. The molecule has 0 fully saturated rings.